The second kappa shape index (κ2) is 12.2. The molecule has 1 aromatic heterocycles. The van der Waals surface area contributed by atoms with E-state index in [9.17, 15) is 0 Å². The smallest absolute Gasteiger partial charge is 0.191 e. The Kier molecular flexibility index (Phi) is 10.8. The summed E-state index contributed by atoms with van der Waals surface area (Å²) in [7, 11) is 6.04. The van der Waals surface area contributed by atoms with Crippen molar-refractivity contribution in [2.24, 2.45) is 4.99 Å². The molecule has 2 N–H and O–H groups in total. The number of halogens is 1. The van der Waals surface area contributed by atoms with Crippen LogP contribution in [0.3, 0.4) is 0 Å². The van der Waals surface area contributed by atoms with Gasteiger partial charge in [-0.2, -0.15) is 0 Å². The summed E-state index contributed by atoms with van der Waals surface area (Å²) in [6.45, 7) is 3.69. The molecule has 1 atom stereocenters. The van der Waals surface area contributed by atoms with Crippen LogP contribution in [0.5, 0.6) is 0 Å². The van der Waals surface area contributed by atoms with Crippen molar-refractivity contribution in [1.82, 2.24) is 20.5 Å². The first-order valence-electron chi connectivity index (χ1n) is 8.70. The van der Waals surface area contributed by atoms with Crippen LogP contribution in [-0.2, 0) is 19.4 Å². The summed E-state index contributed by atoms with van der Waals surface area (Å²) >= 11 is 1.75. The van der Waals surface area contributed by atoms with Crippen molar-refractivity contribution < 1.29 is 0 Å². The van der Waals surface area contributed by atoms with Crippen molar-refractivity contribution in [2.45, 2.75) is 32.4 Å². The molecule has 2 rings (SSSR count). The molecule has 0 saturated heterocycles. The van der Waals surface area contributed by atoms with E-state index < -0.39 is 0 Å². The van der Waals surface area contributed by atoms with Crippen molar-refractivity contribution >= 4 is 41.3 Å². The minimum absolute atomic E-state index is 0. The highest BCUT2D eigenvalue weighted by atomic mass is 127. The molecular weight excluding hydrogens is 457 g/mol. The van der Waals surface area contributed by atoms with Crippen molar-refractivity contribution in [3.8, 4) is 0 Å². The van der Waals surface area contributed by atoms with Gasteiger partial charge in [0.15, 0.2) is 5.96 Å². The fraction of sp³-hybridized carbons (Fsp3) is 0.474. The molecule has 5 nitrogen and oxygen atoms in total. The monoisotopic (exact) mass is 487 g/mol. The number of aromatic nitrogens is 1. The Morgan fingerprint density at radius 1 is 1.23 bits per heavy atom. The summed E-state index contributed by atoms with van der Waals surface area (Å²) in [4.78, 5) is 12.3. The van der Waals surface area contributed by atoms with Crippen molar-refractivity contribution in [2.75, 3.05) is 27.7 Å². The molecular formula is C19H30IN5S. The van der Waals surface area contributed by atoms with E-state index in [0.717, 1.165) is 30.4 Å². The predicted molar refractivity (Wildman–Crippen MR) is 123 cm³/mol. The SMILES string of the molecule is CCc1cnc(CNC(=NC)NCC(Cc2ccccc2)N(C)C)s1.I. The van der Waals surface area contributed by atoms with E-state index >= 15 is 0 Å². The van der Waals surface area contributed by atoms with Crippen LogP contribution in [0.4, 0.5) is 0 Å². The van der Waals surface area contributed by atoms with E-state index in [0.29, 0.717) is 12.6 Å². The molecule has 144 valence electrons. The Hall–Kier alpha value is -1.19. The Balaban J connectivity index is 0.00000338. The number of likely N-dealkylation sites (N-methyl/N-ethyl adjacent to an activating group) is 1. The van der Waals surface area contributed by atoms with Gasteiger partial charge in [0.05, 0.1) is 6.54 Å². The third kappa shape index (κ3) is 7.59. The zero-order valence-electron chi connectivity index (χ0n) is 16.0. The number of nitrogens with zero attached hydrogens (tertiary/aromatic N) is 3. The normalized spacial score (nSPS) is 12.6. The summed E-state index contributed by atoms with van der Waals surface area (Å²) in [6.07, 6.45) is 4.00. The highest BCUT2D eigenvalue weighted by molar-refractivity contribution is 14.0. The van der Waals surface area contributed by atoms with Crippen LogP contribution in [0.15, 0.2) is 41.5 Å². The number of aryl methyl sites for hydroxylation is 1. The van der Waals surface area contributed by atoms with Crippen LogP contribution >= 0.6 is 35.3 Å². The highest BCUT2D eigenvalue weighted by Gasteiger charge is 2.13. The second-order valence-electron chi connectivity index (χ2n) is 6.19. The lowest BCUT2D eigenvalue weighted by atomic mass is 10.1. The lowest BCUT2D eigenvalue weighted by Gasteiger charge is -2.25. The Bertz CT molecular complexity index is 657. The number of benzene rings is 1. The van der Waals surface area contributed by atoms with E-state index in [1.54, 1.807) is 18.4 Å². The zero-order chi connectivity index (χ0) is 18.1. The average Bonchev–Trinajstić information content (AvgIpc) is 3.09. The average molecular weight is 487 g/mol. The summed E-state index contributed by atoms with van der Waals surface area (Å²) in [5.74, 6) is 0.813. The maximum atomic E-state index is 4.44. The standard InChI is InChI=1S/C19H29N5S.HI/c1-5-17-13-21-18(25-17)14-23-19(20-2)22-12-16(24(3)4)11-15-9-7-6-8-10-15;/h6-10,13,16H,5,11-12,14H2,1-4H3,(H2,20,22,23);1H. The molecule has 0 radical (unpaired) electrons. The molecule has 0 spiro atoms. The lowest BCUT2D eigenvalue weighted by Crippen LogP contribution is -2.45. The topological polar surface area (TPSA) is 52.6 Å². The quantitative estimate of drug-likeness (QED) is 0.341. The number of guanidine groups is 1. The molecule has 0 fully saturated rings. The van der Waals surface area contributed by atoms with Gasteiger partial charge in [-0.05, 0) is 32.5 Å². The van der Waals surface area contributed by atoms with Gasteiger partial charge in [0.2, 0.25) is 0 Å². The minimum atomic E-state index is 0. The van der Waals surface area contributed by atoms with Crippen LogP contribution in [0.1, 0.15) is 22.4 Å². The van der Waals surface area contributed by atoms with Crippen LogP contribution in [0.2, 0.25) is 0 Å². The molecule has 0 aliphatic rings. The first-order valence-corrected chi connectivity index (χ1v) is 9.52. The molecule has 0 amide bonds. The third-order valence-electron chi connectivity index (χ3n) is 4.13. The number of rotatable bonds is 8. The van der Waals surface area contributed by atoms with E-state index in [-0.39, 0.29) is 24.0 Å². The van der Waals surface area contributed by atoms with Gasteiger partial charge in [0, 0.05) is 30.7 Å². The third-order valence-corrected chi connectivity index (χ3v) is 5.27. The highest BCUT2D eigenvalue weighted by Crippen LogP contribution is 2.12. The summed E-state index contributed by atoms with van der Waals surface area (Å²) in [5.41, 5.74) is 1.35. The molecule has 1 heterocycles. The first kappa shape index (κ1) is 22.9. The van der Waals surface area contributed by atoms with Crippen LogP contribution in [0.25, 0.3) is 0 Å². The number of thiazole rings is 1. The molecule has 1 unspecified atom stereocenters. The molecule has 0 bridgehead atoms. The number of aliphatic imine (C=N–C) groups is 1. The maximum Gasteiger partial charge on any atom is 0.191 e. The van der Waals surface area contributed by atoms with Gasteiger partial charge in [-0.3, -0.25) is 4.99 Å². The fourth-order valence-electron chi connectivity index (χ4n) is 2.51. The van der Waals surface area contributed by atoms with E-state index in [2.05, 4.69) is 76.9 Å². The van der Waals surface area contributed by atoms with Crippen molar-refractivity contribution in [1.29, 1.82) is 0 Å². The Morgan fingerprint density at radius 3 is 2.54 bits per heavy atom. The van der Waals surface area contributed by atoms with Gasteiger partial charge in [-0.25, -0.2) is 4.98 Å². The van der Waals surface area contributed by atoms with Crippen LogP contribution < -0.4 is 10.6 Å². The van der Waals surface area contributed by atoms with Crippen molar-refractivity contribution in [3.05, 3.63) is 52.0 Å². The van der Waals surface area contributed by atoms with Gasteiger partial charge in [-0.1, -0.05) is 37.3 Å². The number of hydrogen-bond acceptors (Lipinski definition) is 4. The van der Waals surface area contributed by atoms with Gasteiger partial charge < -0.3 is 15.5 Å². The van der Waals surface area contributed by atoms with E-state index in [1.807, 2.05) is 6.20 Å². The molecule has 0 saturated carbocycles. The fourth-order valence-corrected chi connectivity index (χ4v) is 3.31. The summed E-state index contributed by atoms with van der Waals surface area (Å²) in [6, 6.07) is 11.0. The predicted octanol–water partition coefficient (Wildman–Crippen LogP) is 3.16. The largest absolute Gasteiger partial charge is 0.355 e. The molecule has 0 aliphatic carbocycles. The van der Waals surface area contributed by atoms with Gasteiger partial charge in [0.25, 0.3) is 0 Å². The summed E-state index contributed by atoms with van der Waals surface area (Å²) in [5, 5.41) is 7.88. The van der Waals surface area contributed by atoms with Gasteiger partial charge in [0.1, 0.15) is 5.01 Å². The molecule has 1 aromatic carbocycles. The maximum absolute atomic E-state index is 4.44. The Labute approximate surface area is 178 Å². The number of nitrogens with one attached hydrogen (secondary N) is 2. The number of hydrogen-bond donors (Lipinski definition) is 2. The zero-order valence-corrected chi connectivity index (χ0v) is 19.2. The molecule has 7 heteroatoms. The van der Waals surface area contributed by atoms with Gasteiger partial charge in [-0.15, -0.1) is 35.3 Å². The lowest BCUT2D eigenvalue weighted by molar-refractivity contribution is 0.290. The molecule has 26 heavy (non-hydrogen) atoms. The molecule has 2 aromatic rings. The van der Waals surface area contributed by atoms with Crippen molar-refractivity contribution in [3.63, 3.8) is 0 Å². The summed E-state index contributed by atoms with van der Waals surface area (Å²) < 4.78 is 0. The second-order valence-corrected chi connectivity index (χ2v) is 7.39. The van der Waals surface area contributed by atoms with E-state index in [4.69, 9.17) is 0 Å². The first-order chi connectivity index (χ1) is 12.1. The molecule has 0 aliphatic heterocycles. The van der Waals surface area contributed by atoms with Crippen LogP contribution in [0, 0.1) is 0 Å². The van der Waals surface area contributed by atoms with E-state index in [1.165, 1.54) is 10.4 Å². The minimum Gasteiger partial charge on any atom is -0.355 e. The van der Waals surface area contributed by atoms with Crippen LogP contribution in [-0.4, -0.2) is 49.6 Å². The van der Waals surface area contributed by atoms with Gasteiger partial charge >= 0.3 is 0 Å². The Morgan fingerprint density at radius 2 is 1.96 bits per heavy atom.